The summed E-state index contributed by atoms with van der Waals surface area (Å²) in [5.41, 5.74) is 1.28. The van der Waals surface area contributed by atoms with Gasteiger partial charge in [0.25, 0.3) is 0 Å². The normalized spacial score (nSPS) is 10.4. The molecule has 0 fully saturated rings. The van der Waals surface area contributed by atoms with Crippen molar-refractivity contribution in [1.82, 2.24) is 0 Å². The zero-order valence-corrected chi connectivity index (χ0v) is 8.48. The van der Waals surface area contributed by atoms with Crippen LogP contribution in [0.5, 0.6) is 0 Å². The molecular weight excluding hydrogens is 201 g/mol. The van der Waals surface area contributed by atoms with Gasteiger partial charge in [-0.25, -0.2) is 4.39 Å². The van der Waals surface area contributed by atoms with E-state index in [1.807, 2.05) is 13.0 Å². The minimum absolute atomic E-state index is 0.279. The van der Waals surface area contributed by atoms with Gasteiger partial charge in [0.15, 0.2) is 0 Å². The van der Waals surface area contributed by atoms with Crippen molar-refractivity contribution in [3.63, 3.8) is 0 Å². The molecule has 14 heavy (non-hydrogen) atoms. The molecule has 0 unspecified atom stereocenters. The molecule has 0 saturated heterocycles. The van der Waals surface area contributed by atoms with Gasteiger partial charge in [0, 0.05) is 10.6 Å². The van der Waals surface area contributed by atoms with E-state index in [9.17, 15) is 4.39 Å². The summed E-state index contributed by atoms with van der Waals surface area (Å²) in [6.07, 6.45) is 3.48. The summed E-state index contributed by atoms with van der Waals surface area (Å²) in [7, 11) is 0. The molecular formula is C11H9ClFN. The number of hydrogen-bond donors (Lipinski definition) is 0. The smallest absolute Gasteiger partial charge is 0.131 e. The van der Waals surface area contributed by atoms with Gasteiger partial charge in [-0.15, -0.1) is 0 Å². The predicted molar refractivity (Wildman–Crippen MR) is 55.4 cm³/mol. The molecule has 1 rings (SSSR count). The number of rotatable bonds is 2. The molecule has 3 heteroatoms. The lowest BCUT2D eigenvalue weighted by molar-refractivity contribution is 0.624. The van der Waals surface area contributed by atoms with E-state index in [2.05, 4.69) is 0 Å². The Morgan fingerprint density at radius 2 is 2.29 bits per heavy atom. The summed E-state index contributed by atoms with van der Waals surface area (Å²) in [6, 6.07) is 4.89. The largest absolute Gasteiger partial charge is 0.206 e. The van der Waals surface area contributed by atoms with Gasteiger partial charge in [0.05, 0.1) is 12.5 Å². The molecule has 0 atom stereocenters. The molecule has 1 nitrogen and oxygen atoms in total. The molecule has 1 aromatic rings. The Kier molecular flexibility index (Phi) is 3.67. The van der Waals surface area contributed by atoms with Crippen LogP contribution in [0.4, 0.5) is 4.39 Å². The van der Waals surface area contributed by atoms with Crippen LogP contribution in [-0.4, -0.2) is 0 Å². The number of aryl methyl sites for hydroxylation is 1. The fraction of sp³-hybridized carbons (Fsp3) is 0.182. The van der Waals surface area contributed by atoms with Crippen LogP contribution in [0.25, 0.3) is 6.08 Å². The Bertz CT molecular complexity index is 404. The molecule has 1 aromatic carbocycles. The minimum atomic E-state index is -0.366. The van der Waals surface area contributed by atoms with E-state index in [0.29, 0.717) is 10.6 Å². The van der Waals surface area contributed by atoms with E-state index in [1.54, 1.807) is 18.2 Å². The van der Waals surface area contributed by atoms with E-state index in [4.69, 9.17) is 16.9 Å². The molecule has 0 heterocycles. The van der Waals surface area contributed by atoms with Gasteiger partial charge in [0.1, 0.15) is 5.82 Å². The highest BCUT2D eigenvalue weighted by atomic mass is 35.5. The van der Waals surface area contributed by atoms with Crippen molar-refractivity contribution < 1.29 is 4.39 Å². The standard InChI is InChI=1S/C11H9ClFN/c1-8-6-9(4-2-3-5-14)11(13)7-10(8)12/h2,4,6-7H,3H2,1H3. The average molecular weight is 210 g/mol. The van der Waals surface area contributed by atoms with E-state index in [1.165, 1.54) is 6.07 Å². The molecule has 0 radical (unpaired) electrons. The molecule has 0 N–H and O–H groups in total. The molecule has 0 aliphatic heterocycles. The molecule has 0 aliphatic carbocycles. The summed E-state index contributed by atoms with van der Waals surface area (Å²) in [4.78, 5) is 0. The molecule has 72 valence electrons. The lowest BCUT2D eigenvalue weighted by atomic mass is 10.1. The monoisotopic (exact) mass is 209 g/mol. The van der Waals surface area contributed by atoms with Crippen LogP contribution in [0.2, 0.25) is 5.02 Å². The summed E-state index contributed by atoms with van der Waals surface area (Å²) < 4.78 is 13.2. The van der Waals surface area contributed by atoms with Crippen molar-refractivity contribution in [3.05, 3.63) is 40.2 Å². The first-order valence-corrected chi connectivity index (χ1v) is 4.52. The second kappa shape index (κ2) is 4.78. The summed E-state index contributed by atoms with van der Waals surface area (Å²) in [5.74, 6) is -0.366. The molecule has 0 spiro atoms. The predicted octanol–water partition coefficient (Wildman–Crippen LogP) is 3.71. The first kappa shape index (κ1) is 10.7. The highest BCUT2D eigenvalue weighted by Gasteiger charge is 2.02. The highest BCUT2D eigenvalue weighted by molar-refractivity contribution is 6.31. The maximum absolute atomic E-state index is 13.2. The lowest BCUT2D eigenvalue weighted by Gasteiger charge is -2.01. The van der Waals surface area contributed by atoms with E-state index < -0.39 is 0 Å². The van der Waals surface area contributed by atoms with Gasteiger partial charge in [-0.2, -0.15) is 5.26 Å². The van der Waals surface area contributed by atoms with Gasteiger partial charge in [-0.1, -0.05) is 23.8 Å². The Morgan fingerprint density at radius 1 is 1.57 bits per heavy atom. The Hall–Kier alpha value is -1.33. The van der Waals surface area contributed by atoms with Crippen LogP contribution in [0.15, 0.2) is 18.2 Å². The van der Waals surface area contributed by atoms with Gasteiger partial charge >= 0.3 is 0 Å². The summed E-state index contributed by atoms with van der Waals surface area (Å²) in [5, 5.41) is 8.71. The third-order valence-corrected chi connectivity index (χ3v) is 2.19. The van der Waals surface area contributed by atoms with E-state index >= 15 is 0 Å². The molecule has 0 amide bonds. The van der Waals surface area contributed by atoms with Gasteiger partial charge < -0.3 is 0 Å². The van der Waals surface area contributed by atoms with Crippen molar-refractivity contribution in [2.45, 2.75) is 13.3 Å². The van der Waals surface area contributed by atoms with Crippen molar-refractivity contribution in [2.75, 3.05) is 0 Å². The Morgan fingerprint density at radius 3 is 2.93 bits per heavy atom. The number of allylic oxidation sites excluding steroid dienone is 1. The quantitative estimate of drug-likeness (QED) is 0.729. The van der Waals surface area contributed by atoms with Crippen LogP contribution in [0.1, 0.15) is 17.5 Å². The number of nitrogens with zero attached hydrogens (tertiary/aromatic N) is 1. The topological polar surface area (TPSA) is 23.8 Å². The van der Waals surface area contributed by atoms with Gasteiger partial charge in [0.2, 0.25) is 0 Å². The Labute approximate surface area is 87.4 Å². The molecule has 0 saturated carbocycles. The first-order valence-electron chi connectivity index (χ1n) is 4.14. The summed E-state index contributed by atoms with van der Waals surface area (Å²) in [6.45, 7) is 1.81. The van der Waals surface area contributed by atoms with Crippen LogP contribution in [0.3, 0.4) is 0 Å². The van der Waals surface area contributed by atoms with Crippen LogP contribution < -0.4 is 0 Å². The number of nitriles is 1. The third kappa shape index (κ3) is 2.58. The Balaban J connectivity index is 2.99. The zero-order valence-electron chi connectivity index (χ0n) is 7.72. The highest BCUT2D eigenvalue weighted by Crippen LogP contribution is 2.20. The SMILES string of the molecule is Cc1cc(C=CCC#N)c(F)cc1Cl. The summed E-state index contributed by atoms with van der Waals surface area (Å²) >= 11 is 5.73. The van der Waals surface area contributed by atoms with Crippen LogP contribution in [-0.2, 0) is 0 Å². The van der Waals surface area contributed by atoms with Crippen molar-refractivity contribution in [2.24, 2.45) is 0 Å². The lowest BCUT2D eigenvalue weighted by Crippen LogP contribution is -1.85. The zero-order chi connectivity index (χ0) is 10.6. The van der Waals surface area contributed by atoms with E-state index in [0.717, 1.165) is 5.56 Å². The van der Waals surface area contributed by atoms with Gasteiger partial charge in [-0.05, 0) is 24.6 Å². The van der Waals surface area contributed by atoms with Gasteiger partial charge in [-0.3, -0.25) is 0 Å². The second-order valence-electron chi connectivity index (χ2n) is 2.89. The minimum Gasteiger partial charge on any atom is -0.206 e. The molecule has 0 aliphatic rings. The first-order chi connectivity index (χ1) is 6.65. The van der Waals surface area contributed by atoms with Crippen molar-refractivity contribution in [1.29, 1.82) is 5.26 Å². The fourth-order valence-electron chi connectivity index (χ4n) is 1.05. The third-order valence-electron chi connectivity index (χ3n) is 1.78. The molecule has 0 bridgehead atoms. The van der Waals surface area contributed by atoms with Crippen molar-refractivity contribution >= 4 is 17.7 Å². The maximum atomic E-state index is 13.2. The number of hydrogen-bond acceptors (Lipinski definition) is 1. The fourth-order valence-corrected chi connectivity index (χ4v) is 1.20. The van der Waals surface area contributed by atoms with E-state index in [-0.39, 0.29) is 12.2 Å². The average Bonchev–Trinajstić information content (AvgIpc) is 2.14. The number of halogens is 2. The maximum Gasteiger partial charge on any atom is 0.131 e. The van der Waals surface area contributed by atoms with Crippen LogP contribution in [0, 0.1) is 24.1 Å². The van der Waals surface area contributed by atoms with Crippen molar-refractivity contribution in [3.8, 4) is 6.07 Å². The number of benzene rings is 1. The second-order valence-corrected chi connectivity index (χ2v) is 3.29. The van der Waals surface area contributed by atoms with Crippen LogP contribution >= 0.6 is 11.6 Å². The molecule has 0 aromatic heterocycles.